The second kappa shape index (κ2) is 8.52. The third kappa shape index (κ3) is 4.48. The fraction of sp³-hybridized carbons (Fsp3) is 0.769. The number of unbranched alkanes of at least 4 members (excludes halogenated alkanes) is 4. The minimum Gasteiger partial charge on any atom is -0.470 e. The molecule has 0 aromatic carbocycles. The van der Waals surface area contributed by atoms with Crippen molar-refractivity contribution in [3.63, 3.8) is 0 Å². The third-order valence-electron chi connectivity index (χ3n) is 3.01. The van der Waals surface area contributed by atoms with Crippen molar-refractivity contribution < 1.29 is 9.84 Å². The summed E-state index contributed by atoms with van der Waals surface area (Å²) >= 11 is 0. The Kier molecular flexibility index (Phi) is 7.00. The molecule has 1 N–H and O–H groups in total. The van der Waals surface area contributed by atoms with Gasteiger partial charge in [0.1, 0.15) is 6.61 Å². The van der Waals surface area contributed by atoms with Crippen LogP contribution in [0.1, 0.15) is 39.0 Å². The number of ether oxygens (including phenoxy) is 1. The summed E-state index contributed by atoms with van der Waals surface area (Å²) in [6, 6.07) is 0. The van der Waals surface area contributed by atoms with Crippen molar-refractivity contribution in [2.75, 3.05) is 13.2 Å². The highest BCUT2D eigenvalue weighted by atomic mass is 16.5. The van der Waals surface area contributed by atoms with Crippen molar-refractivity contribution in [3.05, 3.63) is 20.8 Å². The number of hydrogen-bond acceptors (Lipinski definition) is 5. The number of aromatic nitrogens is 3. The van der Waals surface area contributed by atoms with Crippen LogP contribution in [0.15, 0.2) is 9.59 Å². The Morgan fingerprint density at radius 3 is 2.55 bits per heavy atom. The molecule has 7 nitrogen and oxygen atoms in total. The number of aliphatic hydroxyl groups is 1. The lowest BCUT2D eigenvalue weighted by molar-refractivity contribution is 0.189. The van der Waals surface area contributed by atoms with Crippen molar-refractivity contribution in [2.45, 2.75) is 45.6 Å². The normalized spacial score (nSPS) is 10.8. The summed E-state index contributed by atoms with van der Waals surface area (Å²) in [5.74, 6) is -0.144. The van der Waals surface area contributed by atoms with E-state index in [1.807, 2.05) is 0 Å². The highest BCUT2D eigenvalue weighted by molar-refractivity contribution is 5.01. The van der Waals surface area contributed by atoms with Crippen LogP contribution in [0, 0.1) is 0 Å². The van der Waals surface area contributed by atoms with Crippen molar-refractivity contribution in [1.82, 2.24) is 14.3 Å². The molecule has 0 fully saturated rings. The molecule has 0 spiro atoms. The van der Waals surface area contributed by atoms with Gasteiger partial charge in [-0.2, -0.15) is 0 Å². The minimum atomic E-state index is -0.578. The number of aliphatic hydroxyl groups excluding tert-OH is 1. The van der Waals surface area contributed by atoms with Crippen LogP contribution in [0.4, 0.5) is 0 Å². The van der Waals surface area contributed by atoms with E-state index in [2.05, 4.69) is 12.0 Å². The lowest BCUT2D eigenvalue weighted by atomic mass is 10.1. The maximum absolute atomic E-state index is 11.9. The zero-order valence-corrected chi connectivity index (χ0v) is 12.2. The lowest BCUT2D eigenvalue weighted by Crippen LogP contribution is -2.40. The molecule has 0 aliphatic heterocycles. The van der Waals surface area contributed by atoms with Crippen molar-refractivity contribution in [2.24, 2.45) is 7.05 Å². The second-order valence-corrected chi connectivity index (χ2v) is 4.66. The van der Waals surface area contributed by atoms with Gasteiger partial charge in [-0.3, -0.25) is 9.36 Å². The van der Waals surface area contributed by atoms with Crippen LogP contribution >= 0.6 is 0 Å². The van der Waals surface area contributed by atoms with E-state index in [4.69, 9.17) is 9.84 Å². The summed E-state index contributed by atoms with van der Waals surface area (Å²) in [5.41, 5.74) is -1.02. The molecule has 0 bridgehead atoms. The molecule has 0 unspecified atom stereocenters. The van der Waals surface area contributed by atoms with E-state index in [1.165, 1.54) is 18.2 Å². The van der Waals surface area contributed by atoms with Crippen LogP contribution in [0.2, 0.25) is 0 Å². The van der Waals surface area contributed by atoms with Gasteiger partial charge in [0.05, 0.1) is 6.61 Å². The molecule has 0 atom stereocenters. The Hall–Kier alpha value is -1.63. The fourth-order valence-corrected chi connectivity index (χ4v) is 1.84. The highest BCUT2D eigenvalue weighted by Gasteiger charge is 2.11. The average molecular weight is 285 g/mol. The van der Waals surface area contributed by atoms with Gasteiger partial charge < -0.3 is 9.84 Å². The lowest BCUT2D eigenvalue weighted by Gasteiger charge is -2.09. The summed E-state index contributed by atoms with van der Waals surface area (Å²) in [6.07, 6.45) is 5.34. The predicted octanol–water partition coefficient (Wildman–Crippen LogP) is 0.283. The fourth-order valence-electron chi connectivity index (χ4n) is 1.84. The van der Waals surface area contributed by atoms with Gasteiger partial charge in [-0.1, -0.05) is 32.6 Å². The molecule has 0 radical (unpaired) electrons. The molecule has 0 saturated carbocycles. The van der Waals surface area contributed by atoms with Gasteiger partial charge in [-0.05, 0) is 6.42 Å². The molecule has 1 heterocycles. The molecule has 0 aliphatic carbocycles. The van der Waals surface area contributed by atoms with Crippen LogP contribution in [0.5, 0.6) is 5.88 Å². The van der Waals surface area contributed by atoms with Gasteiger partial charge in [-0.15, -0.1) is 5.10 Å². The molecular weight excluding hydrogens is 262 g/mol. The van der Waals surface area contributed by atoms with E-state index in [-0.39, 0.29) is 19.1 Å². The molecular formula is C13H23N3O4. The van der Waals surface area contributed by atoms with E-state index in [1.54, 1.807) is 0 Å². The Bertz CT molecular complexity index is 521. The average Bonchev–Trinajstić information content (AvgIpc) is 2.45. The summed E-state index contributed by atoms with van der Waals surface area (Å²) in [5, 5.41) is 12.6. The zero-order valence-electron chi connectivity index (χ0n) is 12.2. The zero-order chi connectivity index (χ0) is 15.0. The molecule has 7 heteroatoms. The van der Waals surface area contributed by atoms with Gasteiger partial charge in [0.25, 0.3) is 5.88 Å². The first-order valence-electron chi connectivity index (χ1n) is 7.03. The summed E-state index contributed by atoms with van der Waals surface area (Å²) in [7, 11) is 1.39. The van der Waals surface area contributed by atoms with Gasteiger partial charge in [0.2, 0.25) is 0 Å². The molecule has 0 amide bonds. The molecule has 114 valence electrons. The van der Waals surface area contributed by atoms with Crippen LogP contribution in [0.25, 0.3) is 0 Å². The number of hydrogen-bond donors (Lipinski definition) is 1. The molecule has 0 saturated heterocycles. The number of aryl methyl sites for hydroxylation is 1. The van der Waals surface area contributed by atoms with Gasteiger partial charge in [0.15, 0.2) is 0 Å². The van der Waals surface area contributed by atoms with Crippen LogP contribution in [0.3, 0.4) is 0 Å². The first-order valence-corrected chi connectivity index (χ1v) is 7.03. The standard InChI is InChI=1S/C13H23N3O4/c1-3-4-5-6-7-8-16-13(19)15(2)12(18)11(14-16)20-10-9-17/h17H,3-10H2,1-2H3. The molecule has 0 aliphatic rings. The smallest absolute Gasteiger partial charge is 0.347 e. The van der Waals surface area contributed by atoms with Gasteiger partial charge in [-0.25, -0.2) is 9.48 Å². The first-order chi connectivity index (χ1) is 9.61. The highest BCUT2D eigenvalue weighted by Crippen LogP contribution is 2.03. The van der Waals surface area contributed by atoms with Crippen molar-refractivity contribution in [3.8, 4) is 5.88 Å². The van der Waals surface area contributed by atoms with E-state index >= 15 is 0 Å². The SMILES string of the molecule is CCCCCCCn1nc(OCCO)c(=O)n(C)c1=O. The van der Waals surface area contributed by atoms with E-state index in [0.29, 0.717) is 6.54 Å². The Labute approximate surface area is 117 Å². The second-order valence-electron chi connectivity index (χ2n) is 4.66. The Balaban J connectivity index is 2.77. The monoisotopic (exact) mass is 285 g/mol. The van der Waals surface area contributed by atoms with Gasteiger partial charge >= 0.3 is 11.2 Å². The van der Waals surface area contributed by atoms with Crippen LogP contribution in [-0.4, -0.2) is 32.7 Å². The maximum Gasteiger partial charge on any atom is 0.347 e. The van der Waals surface area contributed by atoms with E-state index < -0.39 is 11.2 Å². The molecule has 20 heavy (non-hydrogen) atoms. The van der Waals surface area contributed by atoms with Crippen molar-refractivity contribution >= 4 is 0 Å². The Morgan fingerprint density at radius 1 is 1.20 bits per heavy atom. The van der Waals surface area contributed by atoms with E-state index in [9.17, 15) is 9.59 Å². The van der Waals surface area contributed by atoms with Crippen LogP contribution in [-0.2, 0) is 13.6 Å². The molecule has 1 aromatic heterocycles. The maximum atomic E-state index is 11.9. The van der Waals surface area contributed by atoms with Gasteiger partial charge in [0, 0.05) is 13.6 Å². The third-order valence-corrected chi connectivity index (χ3v) is 3.01. The topological polar surface area (TPSA) is 86.3 Å². The first kappa shape index (κ1) is 16.4. The number of rotatable bonds is 9. The summed E-state index contributed by atoms with van der Waals surface area (Å²) in [6.45, 7) is 2.38. The predicted molar refractivity (Wildman–Crippen MR) is 75.1 cm³/mol. The quantitative estimate of drug-likeness (QED) is 0.659. The largest absolute Gasteiger partial charge is 0.470 e. The minimum absolute atomic E-state index is 0.0169. The Morgan fingerprint density at radius 2 is 1.90 bits per heavy atom. The summed E-state index contributed by atoms with van der Waals surface area (Å²) in [4.78, 5) is 23.6. The number of nitrogens with zero attached hydrogens (tertiary/aromatic N) is 3. The molecule has 1 aromatic rings. The van der Waals surface area contributed by atoms with E-state index in [0.717, 1.165) is 30.3 Å². The summed E-state index contributed by atoms with van der Waals surface area (Å²) < 4.78 is 7.28. The van der Waals surface area contributed by atoms with Crippen LogP contribution < -0.4 is 16.0 Å². The van der Waals surface area contributed by atoms with Crippen molar-refractivity contribution in [1.29, 1.82) is 0 Å². The molecule has 1 rings (SSSR count).